The third-order valence-electron chi connectivity index (χ3n) is 4.85. The Morgan fingerprint density at radius 1 is 0.926 bits per heavy atom. The second-order valence-corrected chi connectivity index (χ2v) is 6.86. The highest BCUT2D eigenvalue weighted by Gasteiger charge is 2.33. The summed E-state index contributed by atoms with van der Waals surface area (Å²) in [6, 6.07) is 19.5. The maximum Gasteiger partial charge on any atom is 0.242 e. The summed E-state index contributed by atoms with van der Waals surface area (Å²) in [6.45, 7) is 2.70. The lowest BCUT2D eigenvalue weighted by Gasteiger charge is -2.24. The van der Waals surface area contributed by atoms with E-state index < -0.39 is 0 Å². The average Bonchev–Trinajstić information content (AvgIpc) is 3.19. The van der Waals surface area contributed by atoms with Crippen molar-refractivity contribution in [1.29, 1.82) is 0 Å². The molecule has 1 atom stereocenters. The fraction of sp³-hybridized carbons (Fsp3) is 0.364. The van der Waals surface area contributed by atoms with E-state index in [0.29, 0.717) is 26.1 Å². The third-order valence-corrected chi connectivity index (χ3v) is 4.85. The second-order valence-electron chi connectivity index (χ2n) is 6.86. The van der Waals surface area contributed by atoms with E-state index in [1.54, 1.807) is 4.90 Å². The quantitative estimate of drug-likeness (QED) is 0.705. The molecule has 0 radical (unpaired) electrons. The zero-order valence-corrected chi connectivity index (χ0v) is 15.6. The molecule has 142 valence electrons. The van der Waals surface area contributed by atoms with Gasteiger partial charge in [0.25, 0.3) is 0 Å². The van der Waals surface area contributed by atoms with E-state index in [0.717, 1.165) is 24.9 Å². The lowest BCUT2D eigenvalue weighted by molar-refractivity contribution is -0.137. The third kappa shape index (κ3) is 5.66. The second kappa shape index (κ2) is 9.88. The predicted octanol–water partition coefficient (Wildman–Crippen LogP) is 2.13. The molecule has 1 aliphatic heterocycles. The first-order valence-corrected chi connectivity index (χ1v) is 9.60. The Morgan fingerprint density at radius 3 is 2.30 bits per heavy atom. The van der Waals surface area contributed by atoms with Gasteiger partial charge in [0.05, 0.1) is 6.42 Å². The van der Waals surface area contributed by atoms with Gasteiger partial charge >= 0.3 is 0 Å². The van der Waals surface area contributed by atoms with Gasteiger partial charge in [0.1, 0.15) is 6.04 Å². The van der Waals surface area contributed by atoms with E-state index in [4.69, 9.17) is 0 Å². The van der Waals surface area contributed by atoms with Crippen LogP contribution in [-0.2, 0) is 22.6 Å². The molecule has 27 heavy (non-hydrogen) atoms. The van der Waals surface area contributed by atoms with Gasteiger partial charge in [0.15, 0.2) is 0 Å². The molecule has 5 heteroatoms. The van der Waals surface area contributed by atoms with Gasteiger partial charge in [0, 0.05) is 26.2 Å². The first-order valence-electron chi connectivity index (χ1n) is 9.60. The van der Waals surface area contributed by atoms with Crippen LogP contribution in [0, 0.1) is 0 Å². The summed E-state index contributed by atoms with van der Waals surface area (Å²) >= 11 is 0. The maximum absolute atomic E-state index is 12.6. The van der Waals surface area contributed by atoms with Crippen LogP contribution in [0.4, 0.5) is 0 Å². The summed E-state index contributed by atoms with van der Waals surface area (Å²) in [5.41, 5.74) is 2.20. The van der Waals surface area contributed by atoms with Crippen LogP contribution in [0.1, 0.15) is 24.0 Å². The van der Waals surface area contributed by atoms with Crippen molar-refractivity contribution in [2.24, 2.45) is 0 Å². The van der Waals surface area contributed by atoms with Crippen LogP contribution in [0.15, 0.2) is 60.7 Å². The lowest BCUT2D eigenvalue weighted by Crippen LogP contribution is -2.47. The van der Waals surface area contributed by atoms with E-state index in [1.165, 1.54) is 5.56 Å². The SMILES string of the molecule is O=C(NCCNCc1ccccc1)[C@@H]1CCCN1C(=O)Cc1ccccc1. The van der Waals surface area contributed by atoms with Gasteiger partial charge in [-0.2, -0.15) is 0 Å². The van der Waals surface area contributed by atoms with Crippen molar-refractivity contribution in [3.8, 4) is 0 Å². The summed E-state index contributed by atoms with van der Waals surface area (Å²) in [7, 11) is 0. The Hall–Kier alpha value is -2.66. The Balaban J connectivity index is 1.41. The van der Waals surface area contributed by atoms with Crippen LogP contribution in [-0.4, -0.2) is 42.4 Å². The number of rotatable bonds is 8. The van der Waals surface area contributed by atoms with Crippen LogP contribution >= 0.6 is 0 Å². The van der Waals surface area contributed by atoms with Crippen LogP contribution in [0.2, 0.25) is 0 Å². The van der Waals surface area contributed by atoms with Crippen LogP contribution in [0.3, 0.4) is 0 Å². The largest absolute Gasteiger partial charge is 0.353 e. The van der Waals surface area contributed by atoms with Crippen molar-refractivity contribution in [1.82, 2.24) is 15.5 Å². The van der Waals surface area contributed by atoms with Gasteiger partial charge < -0.3 is 15.5 Å². The van der Waals surface area contributed by atoms with Crippen molar-refractivity contribution >= 4 is 11.8 Å². The van der Waals surface area contributed by atoms with E-state index in [1.807, 2.05) is 48.5 Å². The Morgan fingerprint density at radius 2 is 1.59 bits per heavy atom. The molecule has 1 heterocycles. The molecule has 2 aromatic carbocycles. The Bertz CT molecular complexity index is 734. The first kappa shape index (κ1) is 19.1. The van der Waals surface area contributed by atoms with E-state index in [2.05, 4.69) is 22.8 Å². The molecule has 1 saturated heterocycles. The summed E-state index contributed by atoms with van der Waals surface area (Å²) in [6.07, 6.45) is 1.97. The van der Waals surface area contributed by atoms with Crippen molar-refractivity contribution < 1.29 is 9.59 Å². The molecule has 1 fully saturated rings. The van der Waals surface area contributed by atoms with Gasteiger partial charge in [-0.05, 0) is 24.0 Å². The summed E-state index contributed by atoms with van der Waals surface area (Å²) in [5.74, 6) is -0.0172. The number of carbonyl (C=O) groups is 2. The number of hydrogen-bond donors (Lipinski definition) is 2. The minimum absolute atomic E-state index is 0.0288. The van der Waals surface area contributed by atoms with E-state index in [9.17, 15) is 9.59 Å². The standard InChI is InChI=1S/C22H27N3O2/c26-21(16-18-8-3-1-4-9-18)25-15-7-12-20(25)22(27)24-14-13-23-17-19-10-5-2-6-11-19/h1-6,8-11,20,23H,7,12-17H2,(H,24,27)/t20-/m0/s1. The molecule has 0 aliphatic carbocycles. The fourth-order valence-corrected chi connectivity index (χ4v) is 3.43. The molecule has 0 bridgehead atoms. The number of likely N-dealkylation sites (tertiary alicyclic amines) is 1. The predicted molar refractivity (Wildman–Crippen MR) is 106 cm³/mol. The molecule has 0 unspecified atom stereocenters. The van der Waals surface area contributed by atoms with Gasteiger partial charge in [0.2, 0.25) is 11.8 Å². The molecule has 2 amide bonds. The normalized spacial score (nSPS) is 16.3. The number of benzene rings is 2. The number of carbonyl (C=O) groups excluding carboxylic acids is 2. The summed E-state index contributed by atoms with van der Waals surface area (Å²) < 4.78 is 0. The summed E-state index contributed by atoms with van der Waals surface area (Å²) in [4.78, 5) is 26.8. The molecule has 1 aliphatic rings. The van der Waals surface area contributed by atoms with E-state index >= 15 is 0 Å². The summed E-state index contributed by atoms with van der Waals surface area (Å²) in [5, 5.41) is 6.28. The Kier molecular flexibility index (Phi) is 6.99. The lowest BCUT2D eigenvalue weighted by atomic mass is 10.1. The molecule has 0 spiro atoms. The van der Waals surface area contributed by atoms with Crippen LogP contribution in [0.5, 0.6) is 0 Å². The topological polar surface area (TPSA) is 61.4 Å². The van der Waals surface area contributed by atoms with Gasteiger partial charge in [-0.15, -0.1) is 0 Å². The maximum atomic E-state index is 12.6. The zero-order chi connectivity index (χ0) is 18.9. The highest BCUT2D eigenvalue weighted by Crippen LogP contribution is 2.19. The fourth-order valence-electron chi connectivity index (χ4n) is 3.43. The Labute approximate surface area is 160 Å². The molecule has 3 rings (SSSR count). The molecular formula is C22H27N3O2. The smallest absolute Gasteiger partial charge is 0.242 e. The number of hydrogen-bond acceptors (Lipinski definition) is 3. The zero-order valence-electron chi connectivity index (χ0n) is 15.6. The average molecular weight is 365 g/mol. The molecule has 2 aromatic rings. The number of amides is 2. The number of nitrogens with zero attached hydrogens (tertiary/aromatic N) is 1. The molecule has 0 saturated carbocycles. The van der Waals surface area contributed by atoms with Gasteiger partial charge in [-0.3, -0.25) is 9.59 Å². The highest BCUT2D eigenvalue weighted by atomic mass is 16.2. The first-order chi connectivity index (χ1) is 13.2. The van der Waals surface area contributed by atoms with Crippen molar-refractivity contribution in [2.45, 2.75) is 31.8 Å². The van der Waals surface area contributed by atoms with E-state index in [-0.39, 0.29) is 17.9 Å². The minimum Gasteiger partial charge on any atom is -0.353 e. The van der Waals surface area contributed by atoms with Crippen LogP contribution in [0.25, 0.3) is 0 Å². The van der Waals surface area contributed by atoms with Crippen molar-refractivity contribution in [3.63, 3.8) is 0 Å². The molecule has 0 aromatic heterocycles. The van der Waals surface area contributed by atoms with Gasteiger partial charge in [-0.1, -0.05) is 60.7 Å². The highest BCUT2D eigenvalue weighted by molar-refractivity contribution is 5.89. The molecular weight excluding hydrogens is 338 g/mol. The van der Waals surface area contributed by atoms with Crippen molar-refractivity contribution in [2.75, 3.05) is 19.6 Å². The monoisotopic (exact) mass is 365 g/mol. The van der Waals surface area contributed by atoms with Crippen molar-refractivity contribution in [3.05, 3.63) is 71.8 Å². The molecule has 2 N–H and O–H groups in total. The molecule has 5 nitrogen and oxygen atoms in total. The number of nitrogens with one attached hydrogen (secondary N) is 2. The minimum atomic E-state index is -0.338. The van der Waals surface area contributed by atoms with Crippen LogP contribution < -0.4 is 10.6 Å². The van der Waals surface area contributed by atoms with Gasteiger partial charge in [-0.25, -0.2) is 0 Å².